The fraction of sp³-hybridized carbons (Fsp3) is 0.800. The highest BCUT2D eigenvalue weighted by atomic mass is 16.2. The number of imide groups is 1. The standard InChI is InChI=1S/C10H19N3O2/c1-8-3-2-5-13(6-4-8)7-9(14)12-10(11)15/h8H,2-7H2,1H3,(H3,11,12,14,15)/t8-/m0/s1. The van der Waals surface area contributed by atoms with Gasteiger partial charge in [-0.2, -0.15) is 0 Å². The molecule has 0 aromatic rings. The lowest BCUT2D eigenvalue weighted by molar-refractivity contribution is -0.121. The Balaban J connectivity index is 2.31. The summed E-state index contributed by atoms with van der Waals surface area (Å²) in [6.45, 7) is 4.35. The SMILES string of the molecule is C[C@H]1CCCN(CC(=O)NC(N)=O)CC1. The summed E-state index contributed by atoms with van der Waals surface area (Å²) < 4.78 is 0. The summed E-state index contributed by atoms with van der Waals surface area (Å²) in [5, 5.41) is 2.08. The first-order valence-electron chi connectivity index (χ1n) is 5.39. The molecule has 5 nitrogen and oxygen atoms in total. The molecule has 86 valence electrons. The molecule has 1 rings (SSSR count). The van der Waals surface area contributed by atoms with Crippen LogP contribution in [-0.2, 0) is 4.79 Å². The average molecular weight is 213 g/mol. The third-order valence-corrected chi connectivity index (χ3v) is 2.74. The molecule has 0 aromatic carbocycles. The van der Waals surface area contributed by atoms with Crippen LogP contribution in [0.25, 0.3) is 0 Å². The minimum Gasteiger partial charge on any atom is -0.351 e. The van der Waals surface area contributed by atoms with Crippen molar-refractivity contribution in [3.05, 3.63) is 0 Å². The Bertz CT molecular complexity index is 243. The van der Waals surface area contributed by atoms with Gasteiger partial charge in [0, 0.05) is 0 Å². The van der Waals surface area contributed by atoms with Crippen molar-refractivity contribution in [1.29, 1.82) is 0 Å². The summed E-state index contributed by atoms with van der Waals surface area (Å²) in [7, 11) is 0. The second-order valence-electron chi connectivity index (χ2n) is 4.22. The molecule has 1 atom stereocenters. The molecular weight excluding hydrogens is 194 g/mol. The summed E-state index contributed by atoms with van der Waals surface area (Å²) in [6, 6.07) is -0.775. The smallest absolute Gasteiger partial charge is 0.318 e. The number of nitrogens with one attached hydrogen (secondary N) is 1. The lowest BCUT2D eigenvalue weighted by Crippen LogP contribution is -2.42. The molecule has 0 spiro atoms. The highest BCUT2D eigenvalue weighted by molar-refractivity contribution is 5.94. The topological polar surface area (TPSA) is 75.4 Å². The molecule has 1 aliphatic rings. The first kappa shape index (κ1) is 12.0. The maximum Gasteiger partial charge on any atom is 0.318 e. The van der Waals surface area contributed by atoms with E-state index < -0.39 is 6.03 Å². The Labute approximate surface area is 90.0 Å². The second-order valence-corrected chi connectivity index (χ2v) is 4.22. The van der Waals surface area contributed by atoms with E-state index in [1.165, 1.54) is 6.42 Å². The van der Waals surface area contributed by atoms with E-state index in [0.717, 1.165) is 31.8 Å². The maximum atomic E-state index is 11.3. The van der Waals surface area contributed by atoms with E-state index in [0.29, 0.717) is 0 Å². The van der Waals surface area contributed by atoms with Crippen LogP contribution in [0.4, 0.5) is 4.79 Å². The van der Waals surface area contributed by atoms with Gasteiger partial charge in [0.15, 0.2) is 0 Å². The zero-order valence-electron chi connectivity index (χ0n) is 9.16. The van der Waals surface area contributed by atoms with Crippen LogP contribution >= 0.6 is 0 Å². The second kappa shape index (κ2) is 5.70. The number of urea groups is 1. The highest BCUT2D eigenvalue weighted by Gasteiger charge is 2.16. The van der Waals surface area contributed by atoms with E-state index in [9.17, 15) is 9.59 Å². The van der Waals surface area contributed by atoms with Crippen molar-refractivity contribution >= 4 is 11.9 Å². The number of hydrogen-bond acceptors (Lipinski definition) is 3. The molecule has 0 radical (unpaired) electrons. The van der Waals surface area contributed by atoms with Crippen LogP contribution in [0.1, 0.15) is 26.2 Å². The van der Waals surface area contributed by atoms with Gasteiger partial charge in [-0.25, -0.2) is 4.79 Å². The fourth-order valence-corrected chi connectivity index (χ4v) is 1.86. The Morgan fingerprint density at radius 2 is 2.13 bits per heavy atom. The van der Waals surface area contributed by atoms with Gasteiger partial charge in [0.2, 0.25) is 5.91 Å². The molecule has 1 heterocycles. The van der Waals surface area contributed by atoms with Crippen molar-refractivity contribution in [2.24, 2.45) is 11.7 Å². The third kappa shape index (κ3) is 4.78. The van der Waals surface area contributed by atoms with Gasteiger partial charge in [0.05, 0.1) is 6.54 Å². The number of nitrogens with zero attached hydrogens (tertiary/aromatic N) is 1. The minimum absolute atomic E-state index is 0.273. The third-order valence-electron chi connectivity index (χ3n) is 2.74. The molecule has 0 saturated carbocycles. The first-order chi connectivity index (χ1) is 7.08. The molecule has 1 saturated heterocycles. The van der Waals surface area contributed by atoms with Crippen LogP contribution in [0.3, 0.4) is 0 Å². The lowest BCUT2D eigenvalue weighted by Gasteiger charge is -2.18. The van der Waals surface area contributed by atoms with E-state index in [1.54, 1.807) is 0 Å². The van der Waals surface area contributed by atoms with E-state index in [4.69, 9.17) is 5.73 Å². The molecular formula is C10H19N3O2. The van der Waals surface area contributed by atoms with Crippen LogP contribution in [-0.4, -0.2) is 36.5 Å². The van der Waals surface area contributed by atoms with E-state index >= 15 is 0 Å². The maximum absolute atomic E-state index is 11.3. The van der Waals surface area contributed by atoms with Crippen LogP contribution in [0.15, 0.2) is 0 Å². The van der Waals surface area contributed by atoms with Gasteiger partial charge in [-0.15, -0.1) is 0 Å². The minimum atomic E-state index is -0.775. The van der Waals surface area contributed by atoms with Crippen molar-refractivity contribution in [3.8, 4) is 0 Å². The van der Waals surface area contributed by atoms with Gasteiger partial charge in [-0.3, -0.25) is 15.0 Å². The molecule has 1 fully saturated rings. The summed E-state index contributed by atoms with van der Waals surface area (Å²) in [6.07, 6.45) is 3.45. The molecule has 1 aliphatic heterocycles. The van der Waals surface area contributed by atoms with Crippen LogP contribution < -0.4 is 11.1 Å². The Hall–Kier alpha value is -1.10. The van der Waals surface area contributed by atoms with Gasteiger partial charge in [-0.05, 0) is 38.3 Å². The zero-order chi connectivity index (χ0) is 11.3. The van der Waals surface area contributed by atoms with Crippen LogP contribution in [0.5, 0.6) is 0 Å². The summed E-state index contributed by atoms with van der Waals surface area (Å²) in [4.78, 5) is 23.8. The van der Waals surface area contributed by atoms with Crippen molar-refractivity contribution in [1.82, 2.24) is 10.2 Å². The highest BCUT2D eigenvalue weighted by Crippen LogP contribution is 2.15. The molecule has 5 heteroatoms. The van der Waals surface area contributed by atoms with E-state index in [-0.39, 0.29) is 12.5 Å². The number of nitrogens with two attached hydrogens (primary N) is 1. The molecule has 0 bridgehead atoms. The Kier molecular flexibility index (Phi) is 4.55. The molecule has 3 N–H and O–H groups in total. The Morgan fingerprint density at radius 3 is 2.80 bits per heavy atom. The molecule has 15 heavy (non-hydrogen) atoms. The molecule has 0 unspecified atom stereocenters. The van der Waals surface area contributed by atoms with Crippen LogP contribution in [0.2, 0.25) is 0 Å². The van der Waals surface area contributed by atoms with Gasteiger partial charge >= 0.3 is 6.03 Å². The number of carbonyl (C=O) groups is 2. The lowest BCUT2D eigenvalue weighted by atomic mass is 10.0. The number of primary amides is 1. The predicted octanol–water partition coefficient (Wildman–Crippen LogP) is 0.303. The van der Waals surface area contributed by atoms with E-state index in [1.807, 2.05) is 0 Å². The van der Waals surface area contributed by atoms with Gasteiger partial charge in [0.25, 0.3) is 0 Å². The number of hydrogen-bond donors (Lipinski definition) is 2. The number of likely N-dealkylation sites (tertiary alicyclic amines) is 1. The summed E-state index contributed by atoms with van der Waals surface area (Å²) in [5.41, 5.74) is 4.86. The molecule has 3 amide bonds. The van der Waals surface area contributed by atoms with Gasteiger partial charge in [0.1, 0.15) is 0 Å². The van der Waals surface area contributed by atoms with E-state index in [2.05, 4.69) is 17.1 Å². The van der Waals surface area contributed by atoms with Crippen LogP contribution in [0, 0.1) is 5.92 Å². The normalized spacial score (nSPS) is 23.1. The van der Waals surface area contributed by atoms with Gasteiger partial charge in [-0.1, -0.05) is 6.92 Å². The number of carbonyl (C=O) groups excluding carboxylic acids is 2. The fourth-order valence-electron chi connectivity index (χ4n) is 1.86. The largest absolute Gasteiger partial charge is 0.351 e. The summed E-state index contributed by atoms with van der Waals surface area (Å²) in [5.74, 6) is 0.422. The zero-order valence-corrected chi connectivity index (χ0v) is 9.16. The average Bonchev–Trinajstić information content (AvgIpc) is 2.29. The number of amides is 3. The van der Waals surface area contributed by atoms with Gasteiger partial charge < -0.3 is 5.73 Å². The Morgan fingerprint density at radius 1 is 1.40 bits per heavy atom. The quantitative estimate of drug-likeness (QED) is 0.693. The van der Waals surface area contributed by atoms with Crippen molar-refractivity contribution in [2.75, 3.05) is 19.6 Å². The molecule has 0 aliphatic carbocycles. The van der Waals surface area contributed by atoms with Crippen molar-refractivity contribution < 1.29 is 9.59 Å². The molecule has 0 aromatic heterocycles. The first-order valence-corrected chi connectivity index (χ1v) is 5.39. The predicted molar refractivity (Wildman–Crippen MR) is 57.2 cm³/mol. The summed E-state index contributed by atoms with van der Waals surface area (Å²) >= 11 is 0. The monoisotopic (exact) mass is 213 g/mol. The number of rotatable bonds is 2. The van der Waals surface area contributed by atoms with Crippen molar-refractivity contribution in [2.45, 2.75) is 26.2 Å². The van der Waals surface area contributed by atoms with Crippen molar-refractivity contribution in [3.63, 3.8) is 0 Å².